The second-order valence-electron chi connectivity index (χ2n) is 4.26. The number of amides is 2. The summed E-state index contributed by atoms with van der Waals surface area (Å²) in [7, 11) is 3.46. The minimum Gasteiger partial charge on any atom is -0.355 e. The van der Waals surface area contributed by atoms with Crippen molar-refractivity contribution in [2.45, 2.75) is 19.4 Å². The van der Waals surface area contributed by atoms with Crippen LogP contribution in [0.5, 0.6) is 0 Å². The van der Waals surface area contributed by atoms with Crippen molar-refractivity contribution in [3.63, 3.8) is 0 Å². The van der Waals surface area contributed by atoms with Gasteiger partial charge in [0.15, 0.2) is 0 Å². The molecule has 2 amide bonds. The standard InChI is InChI=1S/C14H21N3O2.ClH/c1-15-8-4-7-13(18)17-10-11-5-3-6-12(9-11)14(19)16-2;/h3,5-6,9,15H,4,7-8,10H2,1-2H3,(H,16,19)(H,17,18);1H. The molecule has 1 aromatic rings. The van der Waals surface area contributed by atoms with E-state index in [0.29, 0.717) is 18.5 Å². The summed E-state index contributed by atoms with van der Waals surface area (Å²) in [5, 5.41) is 8.42. The average Bonchev–Trinajstić information content (AvgIpc) is 2.45. The molecule has 0 unspecified atom stereocenters. The van der Waals surface area contributed by atoms with Crippen LogP contribution in [0.15, 0.2) is 24.3 Å². The van der Waals surface area contributed by atoms with E-state index < -0.39 is 0 Å². The highest BCUT2D eigenvalue weighted by Crippen LogP contribution is 2.05. The highest BCUT2D eigenvalue weighted by atomic mass is 35.5. The zero-order valence-corrected chi connectivity index (χ0v) is 12.7. The van der Waals surface area contributed by atoms with Crippen LogP contribution in [0.2, 0.25) is 0 Å². The highest BCUT2D eigenvalue weighted by Gasteiger charge is 2.05. The number of carbonyl (C=O) groups excluding carboxylic acids is 2. The number of rotatable bonds is 7. The van der Waals surface area contributed by atoms with E-state index in [9.17, 15) is 9.59 Å². The summed E-state index contributed by atoms with van der Waals surface area (Å²) in [6.07, 6.45) is 1.33. The molecule has 20 heavy (non-hydrogen) atoms. The zero-order valence-electron chi connectivity index (χ0n) is 11.9. The van der Waals surface area contributed by atoms with E-state index in [1.807, 2.05) is 19.2 Å². The van der Waals surface area contributed by atoms with Gasteiger partial charge in [-0.3, -0.25) is 9.59 Å². The molecule has 1 rings (SSSR count). The van der Waals surface area contributed by atoms with E-state index in [-0.39, 0.29) is 24.2 Å². The Hall–Kier alpha value is -1.59. The number of nitrogens with one attached hydrogen (secondary N) is 3. The van der Waals surface area contributed by atoms with Crippen molar-refractivity contribution in [2.24, 2.45) is 0 Å². The van der Waals surface area contributed by atoms with Crippen LogP contribution >= 0.6 is 12.4 Å². The van der Waals surface area contributed by atoms with Gasteiger partial charge < -0.3 is 16.0 Å². The smallest absolute Gasteiger partial charge is 0.251 e. The van der Waals surface area contributed by atoms with Crippen LogP contribution in [0.25, 0.3) is 0 Å². The quantitative estimate of drug-likeness (QED) is 0.660. The number of carbonyl (C=O) groups is 2. The molecule has 6 heteroatoms. The summed E-state index contributed by atoms with van der Waals surface area (Å²) in [6, 6.07) is 7.23. The van der Waals surface area contributed by atoms with Gasteiger partial charge in [0.05, 0.1) is 0 Å². The van der Waals surface area contributed by atoms with Crippen molar-refractivity contribution >= 4 is 24.2 Å². The van der Waals surface area contributed by atoms with Gasteiger partial charge in [0.1, 0.15) is 0 Å². The van der Waals surface area contributed by atoms with Crippen molar-refractivity contribution in [2.75, 3.05) is 20.6 Å². The Morgan fingerprint density at radius 1 is 1.20 bits per heavy atom. The van der Waals surface area contributed by atoms with Gasteiger partial charge in [-0.15, -0.1) is 12.4 Å². The molecule has 0 aliphatic rings. The van der Waals surface area contributed by atoms with Gasteiger partial charge in [0.2, 0.25) is 5.91 Å². The van der Waals surface area contributed by atoms with Gasteiger partial charge in [0, 0.05) is 25.6 Å². The maximum Gasteiger partial charge on any atom is 0.251 e. The fraction of sp³-hybridized carbons (Fsp3) is 0.429. The number of hydrogen-bond acceptors (Lipinski definition) is 3. The highest BCUT2D eigenvalue weighted by molar-refractivity contribution is 5.94. The molecule has 0 saturated heterocycles. The summed E-state index contributed by atoms with van der Waals surface area (Å²) in [5.74, 6) is -0.0946. The van der Waals surface area contributed by atoms with E-state index in [4.69, 9.17) is 0 Å². The Balaban J connectivity index is 0.00000361. The Bertz CT molecular complexity index is 438. The monoisotopic (exact) mass is 299 g/mol. The normalized spacial score (nSPS) is 9.50. The van der Waals surface area contributed by atoms with Crippen LogP contribution < -0.4 is 16.0 Å². The van der Waals surface area contributed by atoms with Crippen LogP contribution in [0, 0.1) is 0 Å². The predicted octanol–water partition coefficient (Wildman–Crippen LogP) is 1.08. The number of benzene rings is 1. The summed E-state index contributed by atoms with van der Waals surface area (Å²) >= 11 is 0. The lowest BCUT2D eigenvalue weighted by Gasteiger charge is -2.07. The third kappa shape index (κ3) is 6.54. The lowest BCUT2D eigenvalue weighted by atomic mass is 10.1. The molecule has 0 aromatic heterocycles. The van der Waals surface area contributed by atoms with E-state index in [0.717, 1.165) is 18.5 Å². The molecule has 0 bridgehead atoms. The summed E-state index contributed by atoms with van der Waals surface area (Å²) in [4.78, 5) is 23.0. The minimum atomic E-state index is -0.123. The van der Waals surface area contributed by atoms with E-state index >= 15 is 0 Å². The van der Waals surface area contributed by atoms with Crippen LogP contribution in [-0.2, 0) is 11.3 Å². The maximum absolute atomic E-state index is 11.5. The molecule has 0 radical (unpaired) electrons. The van der Waals surface area contributed by atoms with Crippen molar-refractivity contribution < 1.29 is 9.59 Å². The summed E-state index contributed by atoms with van der Waals surface area (Å²) < 4.78 is 0. The van der Waals surface area contributed by atoms with Crippen molar-refractivity contribution in [3.8, 4) is 0 Å². The van der Waals surface area contributed by atoms with Crippen LogP contribution in [0.1, 0.15) is 28.8 Å². The third-order valence-electron chi connectivity index (χ3n) is 2.74. The molecule has 5 nitrogen and oxygen atoms in total. The predicted molar refractivity (Wildman–Crippen MR) is 82.1 cm³/mol. The van der Waals surface area contributed by atoms with Gasteiger partial charge in [0.25, 0.3) is 5.91 Å². The van der Waals surface area contributed by atoms with Gasteiger partial charge in [-0.1, -0.05) is 12.1 Å². The molecular weight excluding hydrogens is 278 g/mol. The van der Waals surface area contributed by atoms with Crippen LogP contribution in [0.3, 0.4) is 0 Å². The SMILES string of the molecule is CNCCCC(=O)NCc1cccc(C(=O)NC)c1.Cl. The van der Waals surface area contributed by atoms with E-state index in [2.05, 4.69) is 16.0 Å². The Morgan fingerprint density at radius 3 is 2.60 bits per heavy atom. The molecule has 0 fully saturated rings. The first-order chi connectivity index (χ1) is 9.17. The lowest BCUT2D eigenvalue weighted by molar-refractivity contribution is -0.121. The number of hydrogen-bond donors (Lipinski definition) is 3. The van der Waals surface area contributed by atoms with Gasteiger partial charge >= 0.3 is 0 Å². The van der Waals surface area contributed by atoms with E-state index in [1.54, 1.807) is 19.2 Å². The lowest BCUT2D eigenvalue weighted by Crippen LogP contribution is -2.24. The first-order valence-electron chi connectivity index (χ1n) is 6.39. The van der Waals surface area contributed by atoms with Crippen molar-refractivity contribution in [1.82, 2.24) is 16.0 Å². The molecule has 0 spiro atoms. The second kappa shape index (κ2) is 10.2. The molecule has 3 N–H and O–H groups in total. The molecule has 112 valence electrons. The zero-order chi connectivity index (χ0) is 14.1. The van der Waals surface area contributed by atoms with Gasteiger partial charge in [-0.25, -0.2) is 0 Å². The van der Waals surface area contributed by atoms with Gasteiger partial charge in [-0.2, -0.15) is 0 Å². The fourth-order valence-corrected chi connectivity index (χ4v) is 1.68. The molecule has 1 aromatic carbocycles. The maximum atomic E-state index is 11.5. The Kier molecular flexibility index (Phi) is 9.41. The third-order valence-corrected chi connectivity index (χ3v) is 2.74. The topological polar surface area (TPSA) is 70.2 Å². The summed E-state index contributed by atoms with van der Waals surface area (Å²) in [5.41, 5.74) is 1.52. The van der Waals surface area contributed by atoms with E-state index in [1.165, 1.54) is 0 Å². The second-order valence-corrected chi connectivity index (χ2v) is 4.26. The van der Waals surface area contributed by atoms with Crippen molar-refractivity contribution in [1.29, 1.82) is 0 Å². The number of halogens is 1. The molecule has 0 aliphatic carbocycles. The minimum absolute atomic E-state index is 0. The molecule has 0 aliphatic heterocycles. The van der Waals surface area contributed by atoms with Crippen LogP contribution in [0.4, 0.5) is 0 Å². The van der Waals surface area contributed by atoms with Crippen molar-refractivity contribution in [3.05, 3.63) is 35.4 Å². The van der Waals surface area contributed by atoms with Gasteiger partial charge in [-0.05, 0) is 37.7 Å². The average molecular weight is 300 g/mol. The van der Waals surface area contributed by atoms with Crippen LogP contribution in [-0.4, -0.2) is 32.5 Å². The first kappa shape index (κ1) is 18.4. The summed E-state index contributed by atoms with van der Waals surface area (Å²) in [6.45, 7) is 1.28. The Morgan fingerprint density at radius 2 is 1.95 bits per heavy atom. The molecule has 0 saturated carbocycles. The molecule has 0 heterocycles. The fourth-order valence-electron chi connectivity index (χ4n) is 1.68. The molecule has 0 atom stereocenters. The molecular formula is C14H22ClN3O2. The largest absolute Gasteiger partial charge is 0.355 e. The first-order valence-corrected chi connectivity index (χ1v) is 6.39. The Labute approximate surface area is 125 Å².